The van der Waals surface area contributed by atoms with Gasteiger partial charge in [0.2, 0.25) is 5.91 Å². The van der Waals surface area contributed by atoms with Crippen LogP contribution in [0.1, 0.15) is 28.7 Å². The van der Waals surface area contributed by atoms with E-state index in [9.17, 15) is 4.79 Å². The average Bonchev–Trinajstić information content (AvgIpc) is 2.84. The van der Waals surface area contributed by atoms with Crippen LogP contribution in [0.5, 0.6) is 11.8 Å². The number of aromatic amines is 1. The molecule has 0 aromatic carbocycles. The molecule has 0 saturated heterocycles. The van der Waals surface area contributed by atoms with E-state index in [1.165, 1.54) is 18.5 Å². The maximum atomic E-state index is 11.2. The zero-order valence-electron chi connectivity index (χ0n) is 12.6. The van der Waals surface area contributed by atoms with E-state index < -0.39 is 5.91 Å². The molecule has 0 aliphatic rings. The highest BCUT2D eigenvalue weighted by Gasteiger charge is 2.15. The Kier molecular flexibility index (Phi) is 3.87. The second kappa shape index (κ2) is 5.85. The third kappa shape index (κ3) is 2.83. The molecule has 3 rings (SSSR count). The number of hydrogen-bond donors (Lipinski definition) is 2. The molecule has 7 nitrogen and oxygen atoms in total. The van der Waals surface area contributed by atoms with Gasteiger partial charge in [0.05, 0.1) is 27.9 Å². The number of nitrogens with zero attached hydrogens (tertiary/aromatic N) is 3. The summed E-state index contributed by atoms with van der Waals surface area (Å²) in [7, 11) is 0. The number of H-pyrrole nitrogens is 1. The number of fused-ring (bicyclic) bond motifs is 1. The molecule has 23 heavy (non-hydrogen) atoms. The van der Waals surface area contributed by atoms with Gasteiger partial charge < -0.3 is 15.5 Å². The van der Waals surface area contributed by atoms with Crippen molar-refractivity contribution < 1.29 is 9.53 Å². The topological polar surface area (TPSA) is 107 Å². The Morgan fingerprint density at radius 1 is 1.39 bits per heavy atom. The highest BCUT2D eigenvalue weighted by atomic mass is 35.5. The van der Waals surface area contributed by atoms with Crippen molar-refractivity contribution in [3.8, 4) is 11.8 Å². The zero-order chi connectivity index (χ0) is 16.6. The van der Waals surface area contributed by atoms with E-state index in [-0.39, 0.29) is 11.6 Å². The lowest BCUT2D eigenvalue weighted by Gasteiger charge is -2.05. The van der Waals surface area contributed by atoms with Crippen LogP contribution in [0, 0.1) is 6.92 Å². The summed E-state index contributed by atoms with van der Waals surface area (Å²) in [6.45, 7) is 3.83. The van der Waals surface area contributed by atoms with Gasteiger partial charge in [-0.2, -0.15) is 9.97 Å². The molecule has 0 saturated carbocycles. The monoisotopic (exact) mass is 331 g/mol. The normalized spacial score (nSPS) is 10.9. The largest absolute Gasteiger partial charge is 0.423 e. The summed E-state index contributed by atoms with van der Waals surface area (Å²) in [5.41, 5.74) is 7.67. The number of aromatic nitrogens is 4. The maximum absolute atomic E-state index is 11.2. The summed E-state index contributed by atoms with van der Waals surface area (Å²) in [4.78, 5) is 26.9. The first-order valence-electron chi connectivity index (χ1n) is 6.97. The van der Waals surface area contributed by atoms with Crippen molar-refractivity contribution in [2.75, 3.05) is 0 Å². The van der Waals surface area contributed by atoms with Gasteiger partial charge in [-0.05, 0) is 19.4 Å². The summed E-state index contributed by atoms with van der Waals surface area (Å²) in [6.07, 6.45) is 3.58. The van der Waals surface area contributed by atoms with Crippen molar-refractivity contribution in [1.82, 2.24) is 19.9 Å². The van der Waals surface area contributed by atoms with Crippen LogP contribution in [0.25, 0.3) is 11.0 Å². The van der Waals surface area contributed by atoms with E-state index in [4.69, 9.17) is 22.1 Å². The quantitative estimate of drug-likeness (QED) is 0.764. The van der Waals surface area contributed by atoms with Gasteiger partial charge in [-0.15, -0.1) is 0 Å². The first-order valence-corrected chi connectivity index (χ1v) is 7.34. The number of nitrogens with one attached hydrogen (secondary N) is 1. The standard InChI is InChI=1S/C15H14ClN5O2/c1-3-10-12(16)11-7(2)19-15(21-14(11)20-10)23-9-4-8(13(17)22)5-18-6-9/h4-6H,3H2,1-2H3,(H2,17,22)(H,19,20,21). The van der Waals surface area contributed by atoms with Crippen molar-refractivity contribution in [3.05, 3.63) is 40.4 Å². The van der Waals surface area contributed by atoms with Gasteiger partial charge >= 0.3 is 6.01 Å². The Morgan fingerprint density at radius 3 is 2.87 bits per heavy atom. The molecular formula is C15H14ClN5O2. The van der Waals surface area contributed by atoms with E-state index >= 15 is 0 Å². The maximum Gasteiger partial charge on any atom is 0.324 e. The Balaban J connectivity index is 2.01. The summed E-state index contributed by atoms with van der Waals surface area (Å²) in [5.74, 6) is -0.257. The van der Waals surface area contributed by atoms with Gasteiger partial charge in [0, 0.05) is 11.9 Å². The van der Waals surface area contributed by atoms with Crippen LogP contribution in [0.15, 0.2) is 18.5 Å². The van der Waals surface area contributed by atoms with Crippen molar-refractivity contribution in [2.24, 2.45) is 5.73 Å². The van der Waals surface area contributed by atoms with Crippen molar-refractivity contribution in [2.45, 2.75) is 20.3 Å². The molecule has 1 amide bonds. The summed E-state index contributed by atoms with van der Waals surface area (Å²) in [5, 5.41) is 1.41. The first kappa shape index (κ1) is 15.2. The van der Waals surface area contributed by atoms with Crippen molar-refractivity contribution >= 4 is 28.5 Å². The average molecular weight is 332 g/mol. The zero-order valence-corrected chi connectivity index (χ0v) is 13.3. The van der Waals surface area contributed by atoms with E-state index in [1.807, 2.05) is 13.8 Å². The van der Waals surface area contributed by atoms with Crippen molar-refractivity contribution in [1.29, 1.82) is 0 Å². The first-order chi connectivity index (χ1) is 11.0. The number of pyridine rings is 1. The number of aryl methyl sites for hydroxylation is 2. The van der Waals surface area contributed by atoms with Gasteiger partial charge in [-0.1, -0.05) is 18.5 Å². The van der Waals surface area contributed by atoms with E-state index in [0.717, 1.165) is 17.5 Å². The molecule has 0 radical (unpaired) electrons. The molecule has 3 aromatic heterocycles. The number of carbonyl (C=O) groups excluding carboxylic acids is 1. The molecule has 0 atom stereocenters. The van der Waals surface area contributed by atoms with Crippen LogP contribution in [0.4, 0.5) is 0 Å². The molecule has 0 aliphatic carbocycles. The third-order valence-electron chi connectivity index (χ3n) is 3.38. The molecule has 0 aliphatic heterocycles. The highest BCUT2D eigenvalue weighted by molar-refractivity contribution is 6.36. The Bertz CT molecular complexity index is 906. The smallest absolute Gasteiger partial charge is 0.324 e. The number of ether oxygens (including phenoxy) is 1. The van der Waals surface area contributed by atoms with Gasteiger partial charge in [0.15, 0.2) is 0 Å². The summed E-state index contributed by atoms with van der Waals surface area (Å²) < 4.78 is 5.59. The van der Waals surface area contributed by atoms with Gasteiger partial charge in [-0.25, -0.2) is 0 Å². The summed E-state index contributed by atoms with van der Waals surface area (Å²) in [6, 6.07) is 1.62. The van der Waals surface area contributed by atoms with E-state index in [1.54, 1.807) is 0 Å². The number of nitrogens with two attached hydrogens (primary N) is 1. The van der Waals surface area contributed by atoms with Crippen molar-refractivity contribution in [3.63, 3.8) is 0 Å². The number of primary amides is 1. The van der Waals surface area contributed by atoms with Crippen LogP contribution in [-0.4, -0.2) is 25.8 Å². The lowest BCUT2D eigenvalue weighted by Crippen LogP contribution is -2.11. The van der Waals surface area contributed by atoms with E-state index in [2.05, 4.69) is 19.9 Å². The van der Waals surface area contributed by atoms with Crippen LogP contribution >= 0.6 is 11.6 Å². The second-order valence-corrected chi connectivity index (χ2v) is 5.34. The predicted molar refractivity (Wildman–Crippen MR) is 85.8 cm³/mol. The molecule has 3 N–H and O–H groups in total. The molecule has 0 bridgehead atoms. The fourth-order valence-corrected chi connectivity index (χ4v) is 2.66. The third-order valence-corrected chi connectivity index (χ3v) is 3.80. The van der Waals surface area contributed by atoms with Gasteiger partial charge in [0.1, 0.15) is 11.4 Å². The number of rotatable bonds is 4. The predicted octanol–water partition coefficient (Wildman–Crippen LogP) is 2.77. The van der Waals surface area contributed by atoms with Gasteiger partial charge in [-0.3, -0.25) is 9.78 Å². The van der Waals surface area contributed by atoms with Crippen LogP contribution in [-0.2, 0) is 6.42 Å². The van der Waals surface area contributed by atoms with Gasteiger partial charge in [0.25, 0.3) is 0 Å². The Hall–Kier alpha value is -2.67. The lowest BCUT2D eigenvalue weighted by atomic mass is 10.2. The van der Waals surface area contributed by atoms with Crippen LogP contribution in [0.2, 0.25) is 5.02 Å². The molecule has 3 aromatic rings. The number of carbonyl (C=O) groups is 1. The highest BCUT2D eigenvalue weighted by Crippen LogP contribution is 2.30. The Morgan fingerprint density at radius 2 is 2.17 bits per heavy atom. The SMILES string of the molecule is CCc1[nH]c2nc(Oc3cncc(C(N)=O)c3)nc(C)c2c1Cl. The molecular weight excluding hydrogens is 318 g/mol. The molecule has 3 heterocycles. The van der Waals surface area contributed by atoms with E-state index in [0.29, 0.717) is 22.1 Å². The van der Waals surface area contributed by atoms with Crippen LogP contribution < -0.4 is 10.5 Å². The molecule has 0 fully saturated rings. The minimum absolute atomic E-state index is 0.138. The molecule has 0 spiro atoms. The molecule has 118 valence electrons. The Labute approximate surface area is 136 Å². The minimum atomic E-state index is -0.584. The second-order valence-electron chi connectivity index (χ2n) is 4.96. The molecule has 8 heteroatoms. The number of hydrogen-bond acceptors (Lipinski definition) is 5. The number of halogens is 1. The number of amides is 1. The fourth-order valence-electron chi connectivity index (χ4n) is 2.25. The molecule has 0 unspecified atom stereocenters. The van der Waals surface area contributed by atoms with Crippen LogP contribution in [0.3, 0.4) is 0 Å². The fraction of sp³-hybridized carbons (Fsp3) is 0.200. The lowest BCUT2D eigenvalue weighted by molar-refractivity contribution is 0.0999. The minimum Gasteiger partial charge on any atom is -0.423 e. The summed E-state index contributed by atoms with van der Waals surface area (Å²) >= 11 is 6.32.